The van der Waals surface area contributed by atoms with Gasteiger partial charge in [-0.15, -0.1) is 0 Å². The van der Waals surface area contributed by atoms with E-state index < -0.39 is 0 Å². The first-order valence-corrected chi connectivity index (χ1v) is 11.0. The summed E-state index contributed by atoms with van der Waals surface area (Å²) in [6.07, 6.45) is 0.162. The van der Waals surface area contributed by atoms with Crippen molar-refractivity contribution in [3.8, 4) is 5.75 Å². The van der Waals surface area contributed by atoms with E-state index in [9.17, 15) is 9.18 Å². The Bertz CT molecular complexity index is 896. The molecule has 2 N–H and O–H groups in total. The molecular formula is C24H32FN5O2. The van der Waals surface area contributed by atoms with E-state index >= 15 is 0 Å². The van der Waals surface area contributed by atoms with E-state index in [0.29, 0.717) is 18.7 Å². The minimum Gasteiger partial charge on any atom is -0.497 e. The Kier molecular flexibility index (Phi) is 8.71. The number of anilines is 1. The van der Waals surface area contributed by atoms with Crippen LogP contribution in [0.1, 0.15) is 12.5 Å². The fourth-order valence-electron chi connectivity index (χ4n) is 3.65. The smallest absolute Gasteiger partial charge is 0.224 e. The highest BCUT2D eigenvalue weighted by Crippen LogP contribution is 2.20. The monoisotopic (exact) mass is 441 g/mol. The predicted molar refractivity (Wildman–Crippen MR) is 126 cm³/mol. The Morgan fingerprint density at radius 2 is 1.84 bits per heavy atom. The van der Waals surface area contributed by atoms with E-state index in [4.69, 9.17) is 4.74 Å². The third-order valence-electron chi connectivity index (χ3n) is 5.30. The average molecular weight is 442 g/mol. The van der Waals surface area contributed by atoms with Crippen LogP contribution in [-0.4, -0.2) is 69.7 Å². The molecule has 7 nitrogen and oxygen atoms in total. The van der Waals surface area contributed by atoms with Gasteiger partial charge in [0.05, 0.1) is 20.1 Å². The van der Waals surface area contributed by atoms with Crippen molar-refractivity contribution in [3.05, 3.63) is 59.9 Å². The number of hydrogen-bond acceptors (Lipinski definition) is 4. The molecule has 0 bridgehead atoms. The van der Waals surface area contributed by atoms with Gasteiger partial charge in [0.1, 0.15) is 11.6 Å². The topological polar surface area (TPSA) is 69.2 Å². The number of benzene rings is 2. The van der Waals surface area contributed by atoms with Gasteiger partial charge >= 0.3 is 0 Å². The Morgan fingerprint density at radius 3 is 2.50 bits per heavy atom. The first kappa shape index (κ1) is 23.4. The van der Waals surface area contributed by atoms with Gasteiger partial charge in [0.15, 0.2) is 5.96 Å². The van der Waals surface area contributed by atoms with Gasteiger partial charge in [-0.25, -0.2) is 4.39 Å². The average Bonchev–Trinajstić information content (AvgIpc) is 2.81. The van der Waals surface area contributed by atoms with Crippen LogP contribution in [0.15, 0.2) is 53.5 Å². The van der Waals surface area contributed by atoms with E-state index in [1.807, 2.05) is 19.1 Å². The van der Waals surface area contributed by atoms with E-state index in [-0.39, 0.29) is 18.1 Å². The van der Waals surface area contributed by atoms with Crippen LogP contribution in [0, 0.1) is 5.82 Å². The molecule has 2 aromatic rings. The number of ether oxygens (including phenoxy) is 1. The van der Waals surface area contributed by atoms with Gasteiger partial charge in [-0.2, -0.15) is 0 Å². The maximum absolute atomic E-state index is 13.2. The molecule has 0 aromatic heterocycles. The standard InChI is InChI=1S/C24H32FN5O2/c1-3-26-24(28-12-11-27-23(31)18-19-5-4-6-20(25)17-19)30-15-13-29(14-16-30)21-7-9-22(32-2)10-8-21/h4-10,17H,3,11-16,18H2,1-2H3,(H,26,28)(H,27,31). The molecule has 1 fully saturated rings. The molecule has 1 heterocycles. The van der Waals surface area contributed by atoms with Gasteiger partial charge < -0.3 is 25.2 Å². The lowest BCUT2D eigenvalue weighted by Crippen LogP contribution is -2.52. The molecule has 1 aliphatic rings. The summed E-state index contributed by atoms with van der Waals surface area (Å²) in [5, 5.41) is 6.20. The maximum atomic E-state index is 13.2. The fourth-order valence-corrected chi connectivity index (χ4v) is 3.65. The van der Waals surface area contributed by atoms with Gasteiger partial charge in [0.2, 0.25) is 5.91 Å². The number of piperazine rings is 1. The zero-order chi connectivity index (χ0) is 22.8. The van der Waals surface area contributed by atoms with Crippen LogP contribution < -0.4 is 20.3 Å². The second-order valence-corrected chi connectivity index (χ2v) is 7.56. The largest absolute Gasteiger partial charge is 0.497 e. The molecule has 0 unspecified atom stereocenters. The zero-order valence-electron chi connectivity index (χ0n) is 18.8. The molecule has 0 aliphatic carbocycles. The number of aliphatic imine (C=N–C) groups is 1. The second-order valence-electron chi connectivity index (χ2n) is 7.56. The minimum atomic E-state index is -0.331. The molecule has 1 aliphatic heterocycles. The van der Waals surface area contributed by atoms with Crippen molar-refractivity contribution >= 4 is 17.6 Å². The van der Waals surface area contributed by atoms with E-state index in [1.165, 1.54) is 17.8 Å². The number of guanidine groups is 1. The quantitative estimate of drug-likeness (QED) is 0.374. The molecule has 172 valence electrons. The van der Waals surface area contributed by atoms with Crippen molar-refractivity contribution in [2.45, 2.75) is 13.3 Å². The van der Waals surface area contributed by atoms with E-state index in [0.717, 1.165) is 44.4 Å². The van der Waals surface area contributed by atoms with Crippen molar-refractivity contribution in [3.63, 3.8) is 0 Å². The second kappa shape index (κ2) is 11.9. The highest BCUT2D eigenvalue weighted by atomic mass is 19.1. The molecule has 0 spiro atoms. The normalized spacial score (nSPS) is 14.3. The van der Waals surface area contributed by atoms with Gasteiger partial charge in [-0.3, -0.25) is 9.79 Å². The van der Waals surface area contributed by atoms with E-state index in [1.54, 1.807) is 19.2 Å². The van der Waals surface area contributed by atoms with Crippen LogP contribution in [0.5, 0.6) is 5.75 Å². The number of carbonyl (C=O) groups is 1. The van der Waals surface area contributed by atoms with Crippen LogP contribution in [0.25, 0.3) is 0 Å². The minimum absolute atomic E-state index is 0.135. The van der Waals surface area contributed by atoms with Crippen molar-refractivity contribution in [1.82, 2.24) is 15.5 Å². The number of amides is 1. The highest BCUT2D eigenvalue weighted by Gasteiger charge is 2.19. The third kappa shape index (κ3) is 6.87. The molecule has 3 rings (SSSR count). The van der Waals surface area contributed by atoms with Crippen LogP contribution >= 0.6 is 0 Å². The predicted octanol–water partition coefficient (Wildman–Crippen LogP) is 2.28. The summed E-state index contributed by atoms with van der Waals surface area (Å²) in [6, 6.07) is 14.2. The SMILES string of the molecule is CCNC(=NCCNC(=O)Cc1cccc(F)c1)N1CCN(c2ccc(OC)cc2)CC1. The number of hydrogen-bond donors (Lipinski definition) is 2. The lowest BCUT2D eigenvalue weighted by molar-refractivity contribution is -0.120. The molecule has 1 saturated heterocycles. The molecule has 32 heavy (non-hydrogen) atoms. The zero-order valence-corrected chi connectivity index (χ0v) is 18.8. The van der Waals surface area contributed by atoms with Crippen LogP contribution in [0.4, 0.5) is 10.1 Å². The highest BCUT2D eigenvalue weighted by molar-refractivity contribution is 5.80. The van der Waals surface area contributed by atoms with Crippen molar-refractivity contribution in [1.29, 1.82) is 0 Å². The summed E-state index contributed by atoms with van der Waals surface area (Å²) in [5.74, 6) is 1.25. The molecule has 1 amide bonds. The van der Waals surface area contributed by atoms with Crippen molar-refractivity contribution in [2.75, 3.05) is 57.8 Å². The van der Waals surface area contributed by atoms with Gasteiger partial charge in [0, 0.05) is 45.0 Å². The summed E-state index contributed by atoms with van der Waals surface area (Å²) >= 11 is 0. The summed E-state index contributed by atoms with van der Waals surface area (Å²) in [5.41, 5.74) is 1.85. The number of carbonyl (C=O) groups excluding carboxylic acids is 1. The molecule has 0 atom stereocenters. The van der Waals surface area contributed by atoms with Crippen molar-refractivity contribution < 1.29 is 13.9 Å². The number of rotatable bonds is 8. The third-order valence-corrected chi connectivity index (χ3v) is 5.30. The molecular weight excluding hydrogens is 409 g/mol. The Morgan fingerprint density at radius 1 is 1.09 bits per heavy atom. The number of nitrogens with one attached hydrogen (secondary N) is 2. The van der Waals surface area contributed by atoms with Gasteiger partial charge in [0.25, 0.3) is 0 Å². The first-order chi connectivity index (χ1) is 15.6. The first-order valence-electron chi connectivity index (χ1n) is 11.0. The van der Waals surface area contributed by atoms with Crippen molar-refractivity contribution in [2.24, 2.45) is 4.99 Å². The fraction of sp³-hybridized carbons (Fsp3) is 0.417. The summed E-state index contributed by atoms with van der Waals surface area (Å²) < 4.78 is 18.5. The maximum Gasteiger partial charge on any atom is 0.224 e. The Labute approximate surface area is 189 Å². The molecule has 8 heteroatoms. The lowest BCUT2D eigenvalue weighted by atomic mass is 10.1. The number of methoxy groups -OCH3 is 1. The van der Waals surface area contributed by atoms with Crippen LogP contribution in [0.2, 0.25) is 0 Å². The lowest BCUT2D eigenvalue weighted by Gasteiger charge is -2.37. The van der Waals surface area contributed by atoms with Gasteiger partial charge in [-0.05, 0) is 48.9 Å². The van der Waals surface area contributed by atoms with E-state index in [2.05, 4.69) is 37.6 Å². The number of nitrogens with zero attached hydrogens (tertiary/aromatic N) is 3. The Balaban J connectivity index is 1.45. The molecule has 0 saturated carbocycles. The van der Waals surface area contributed by atoms with Crippen LogP contribution in [-0.2, 0) is 11.2 Å². The van der Waals surface area contributed by atoms with Crippen LogP contribution in [0.3, 0.4) is 0 Å². The summed E-state index contributed by atoms with van der Waals surface area (Å²) in [6.45, 7) is 7.29. The summed E-state index contributed by atoms with van der Waals surface area (Å²) in [7, 11) is 1.67. The number of halogens is 1. The molecule has 2 aromatic carbocycles. The van der Waals surface area contributed by atoms with Gasteiger partial charge in [-0.1, -0.05) is 12.1 Å². The Hall–Kier alpha value is -3.29. The molecule has 0 radical (unpaired) electrons. The summed E-state index contributed by atoms with van der Waals surface area (Å²) in [4.78, 5) is 21.4.